The molecule has 49 heavy (non-hydrogen) atoms. The van der Waals surface area contributed by atoms with E-state index in [1.54, 1.807) is 37.6 Å². The number of pyridine rings is 1. The summed E-state index contributed by atoms with van der Waals surface area (Å²) in [6, 6.07) is 29.2. The minimum Gasteiger partial charge on any atom is -0.454 e. The Morgan fingerprint density at radius 2 is 1.49 bits per heavy atom. The predicted molar refractivity (Wildman–Crippen MR) is 208 cm³/mol. The minimum atomic E-state index is -2.50. The van der Waals surface area contributed by atoms with Gasteiger partial charge in [-0.25, -0.2) is 4.57 Å². The summed E-state index contributed by atoms with van der Waals surface area (Å²) >= 11 is 0. The van der Waals surface area contributed by atoms with E-state index in [0.717, 1.165) is 74.6 Å². The van der Waals surface area contributed by atoms with E-state index in [2.05, 4.69) is 107 Å². The van der Waals surface area contributed by atoms with Gasteiger partial charge >= 0.3 is 0 Å². The summed E-state index contributed by atoms with van der Waals surface area (Å²) in [4.78, 5) is 0. The zero-order valence-electron chi connectivity index (χ0n) is 36.6. The number of hydrogen-bond acceptors (Lipinski definition) is 1. The SMILES string of the molecule is [2H]C([2H])([2H])c1c[n+](C)c(-c2c(C)ccc3c2oc2c(-c4cccc(-c5ccc(C6([2H])CC(C)(C)CC(C)(C)C6)cc5)c4)cccc23)cc1C([2H])([2H])C(C)(C)C. The molecule has 4 aromatic carbocycles. The highest BCUT2D eigenvalue weighted by Crippen LogP contribution is 2.52. The van der Waals surface area contributed by atoms with Crippen LogP contribution >= 0.6 is 0 Å². The second kappa shape index (κ2) is 12.0. The Morgan fingerprint density at radius 1 is 0.816 bits per heavy atom. The van der Waals surface area contributed by atoms with Gasteiger partial charge in [0, 0.05) is 36.2 Å². The second-order valence-corrected chi connectivity index (χ2v) is 17.0. The predicted octanol–water partition coefficient (Wildman–Crippen LogP) is 12.9. The number of aryl methyl sites for hydroxylation is 3. The van der Waals surface area contributed by atoms with Crippen molar-refractivity contribution in [1.29, 1.82) is 0 Å². The van der Waals surface area contributed by atoms with E-state index in [1.165, 1.54) is 0 Å². The fraction of sp³-hybridized carbons (Fsp3) is 0.383. The molecule has 0 saturated heterocycles. The average molecular weight is 655 g/mol. The van der Waals surface area contributed by atoms with Gasteiger partial charge in [-0.2, -0.15) is 0 Å². The van der Waals surface area contributed by atoms with Crippen molar-refractivity contribution < 1.29 is 17.2 Å². The van der Waals surface area contributed by atoms with Crippen molar-refractivity contribution in [2.75, 3.05) is 0 Å². The molecule has 1 saturated carbocycles. The number of benzene rings is 4. The molecular formula is C47H54NO+. The Kier molecular flexibility index (Phi) is 6.53. The van der Waals surface area contributed by atoms with Crippen LogP contribution in [0.5, 0.6) is 0 Å². The molecule has 1 aliphatic rings. The third kappa shape index (κ3) is 6.60. The maximum atomic E-state index is 9.56. The number of fused-ring (bicyclic) bond motifs is 3. The first-order valence-corrected chi connectivity index (χ1v) is 17.6. The zero-order valence-corrected chi connectivity index (χ0v) is 30.6. The third-order valence-corrected chi connectivity index (χ3v) is 10.1. The quantitative estimate of drug-likeness (QED) is 0.169. The highest BCUT2D eigenvalue weighted by Gasteiger charge is 2.38. The minimum absolute atomic E-state index is 0.00556. The summed E-state index contributed by atoms with van der Waals surface area (Å²) in [5, 5.41) is 1.90. The fourth-order valence-corrected chi connectivity index (χ4v) is 8.52. The van der Waals surface area contributed by atoms with E-state index in [9.17, 15) is 1.37 Å². The normalized spacial score (nSPS) is 19.4. The number of rotatable bonds is 5. The standard InChI is InChI=1S/C47H54NO/c1-30-17-22-40-39-16-12-15-38(43(39)49-44(40)42(30)41-24-36(25-45(3,4)5)31(2)28-48(41)10)35-14-11-13-34(23-35)32-18-20-33(21-19-32)37-26-46(6,7)29-47(8,9)27-37/h11-24,28,37H,25-27,29H2,1-10H3/q+1/i2D3,25D2,37D. The summed E-state index contributed by atoms with van der Waals surface area (Å²) in [5.74, 6) is -0.617. The second-order valence-electron chi connectivity index (χ2n) is 17.0. The number of furan rings is 1. The van der Waals surface area contributed by atoms with Crippen molar-refractivity contribution in [2.45, 2.75) is 93.8 Å². The number of para-hydroxylation sites is 1. The van der Waals surface area contributed by atoms with Crippen LogP contribution in [0.25, 0.3) is 55.4 Å². The first-order chi connectivity index (χ1) is 25.4. The third-order valence-electron chi connectivity index (χ3n) is 10.1. The Balaban J connectivity index is 1.33. The molecule has 0 bridgehead atoms. The van der Waals surface area contributed by atoms with Crippen molar-refractivity contribution in [3.8, 4) is 33.5 Å². The van der Waals surface area contributed by atoms with Gasteiger partial charge in [0.15, 0.2) is 6.20 Å². The summed E-state index contributed by atoms with van der Waals surface area (Å²) in [5.41, 5.74) is 8.61. The van der Waals surface area contributed by atoms with Crippen LogP contribution in [0.1, 0.15) is 104 Å². The Labute approximate surface area is 302 Å². The largest absolute Gasteiger partial charge is 0.454 e. The maximum Gasteiger partial charge on any atom is 0.216 e. The van der Waals surface area contributed by atoms with E-state index in [1.807, 2.05) is 14.0 Å². The van der Waals surface area contributed by atoms with Gasteiger partial charge in [0.05, 0.1) is 5.56 Å². The molecule has 1 aliphatic carbocycles. The summed E-state index contributed by atoms with van der Waals surface area (Å²) in [6.45, 7) is 14.1. The number of aromatic nitrogens is 1. The topological polar surface area (TPSA) is 17.0 Å². The summed E-state index contributed by atoms with van der Waals surface area (Å²) in [7, 11) is 1.81. The van der Waals surface area contributed by atoms with Crippen LogP contribution in [0.2, 0.25) is 0 Å². The number of nitrogens with zero attached hydrogens (tertiary/aromatic N) is 1. The first-order valence-electron chi connectivity index (χ1n) is 20.6. The van der Waals surface area contributed by atoms with Crippen LogP contribution in [0.4, 0.5) is 0 Å². The fourth-order valence-electron chi connectivity index (χ4n) is 8.52. The first kappa shape index (κ1) is 26.7. The molecule has 6 aromatic rings. The molecule has 0 atom stereocenters. The van der Waals surface area contributed by atoms with Crippen LogP contribution in [0.3, 0.4) is 0 Å². The van der Waals surface area contributed by atoms with Gasteiger partial charge in [-0.15, -0.1) is 0 Å². The van der Waals surface area contributed by atoms with Crippen LogP contribution in [-0.4, -0.2) is 0 Å². The summed E-state index contributed by atoms with van der Waals surface area (Å²) in [6.07, 6.45) is 2.45. The Hall–Kier alpha value is -4.17. The molecule has 2 heteroatoms. The van der Waals surface area contributed by atoms with Gasteiger partial charge in [-0.1, -0.05) is 121 Å². The summed E-state index contributed by atoms with van der Waals surface area (Å²) < 4.78 is 61.4. The van der Waals surface area contributed by atoms with Crippen LogP contribution in [0.15, 0.2) is 95.5 Å². The lowest BCUT2D eigenvalue weighted by Gasteiger charge is -2.45. The van der Waals surface area contributed by atoms with Crippen molar-refractivity contribution in [3.63, 3.8) is 0 Å². The average Bonchev–Trinajstić information content (AvgIpc) is 3.45. The van der Waals surface area contributed by atoms with Gasteiger partial charge < -0.3 is 4.42 Å². The molecule has 0 unspecified atom stereocenters. The molecule has 0 spiro atoms. The number of hydrogen-bond donors (Lipinski definition) is 0. The van der Waals surface area contributed by atoms with Gasteiger partial charge in [0.25, 0.3) is 0 Å². The Morgan fingerprint density at radius 3 is 2.18 bits per heavy atom. The molecule has 1 fully saturated rings. The molecule has 0 amide bonds. The molecule has 0 aliphatic heterocycles. The van der Waals surface area contributed by atoms with E-state index >= 15 is 0 Å². The van der Waals surface area contributed by atoms with Crippen LogP contribution in [0, 0.1) is 30.0 Å². The monoisotopic (exact) mass is 654 g/mol. The van der Waals surface area contributed by atoms with Gasteiger partial charge in [0.2, 0.25) is 5.69 Å². The smallest absolute Gasteiger partial charge is 0.216 e. The van der Waals surface area contributed by atoms with E-state index < -0.39 is 24.5 Å². The molecule has 252 valence electrons. The van der Waals surface area contributed by atoms with Gasteiger partial charge in [0.1, 0.15) is 18.2 Å². The molecule has 2 nitrogen and oxygen atoms in total. The van der Waals surface area contributed by atoms with Crippen LogP contribution < -0.4 is 4.57 Å². The zero-order chi connectivity index (χ0) is 40.1. The van der Waals surface area contributed by atoms with E-state index in [-0.39, 0.29) is 22.0 Å². The molecule has 2 aromatic heterocycles. The van der Waals surface area contributed by atoms with Crippen molar-refractivity contribution in [3.05, 3.63) is 113 Å². The van der Waals surface area contributed by atoms with E-state index in [4.69, 9.17) is 11.3 Å². The van der Waals surface area contributed by atoms with Crippen molar-refractivity contribution in [2.24, 2.45) is 23.3 Å². The van der Waals surface area contributed by atoms with Crippen molar-refractivity contribution in [1.82, 2.24) is 0 Å². The van der Waals surface area contributed by atoms with E-state index in [0.29, 0.717) is 11.3 Å². The molecule has 7 rings (SSSR count). The van der Waals surface area contributed by atoms with Crippen molar-refractivity contribution >= 4 is 21.9 Å². The molecule has 0 radical (unpaired) electrons. The van der Waals surface area contributed by atoms with Gasteiger partial charge in [-0.3, -0.25) is 0 Å². The lowest BCUT2D eigenvalue weighted by Crippen LogP contribution is -2.32. The lowest BCUT2D eigenvalue weighted by molar-refractivity contribution is -0.660. The van der Waals surface area contributed by atoms with Gasteiger partial charge in [-0.05, 0) is 101 Å². The highest BCUT2D eigenvalue weighted by molar-refractivity contribution is 6.13. The van der Waals surface area contributed by atoms with Crippen LogP contribution in [-0.2, 0) is 13.4 Å². The molecule has 2 heterocycles. The molecule has 0 N–H and O–H groups in total. The molecular weight excluding hydrogens is 595 g/mol. The Bertz CT molecular complexity index is 2430. The highest BCUT2D eigenvalue weighted by atomic mass is 16.3. The lowest BCUT2D eigenvalue weighted by atomic mass is 9.60. The maximum absolute atomic E-state index is 9.56.